The summed E-state index contributed by atoms with van der Waals surface area (Å²) in [4.78, 5) is 32.2. The number of nitriles is 1. The molecule has 0 aliphatic heterocycles. The number of hydrogen-bond donors (Lipinski definition) is 1. The van der Waals surface area contributed by atoms with E-state index < -0.39 is 11.2 Å². The van der Waals surface area contributed by atoms with E-state index in [9.17, 15) is 14.9 Å². The SMILES string of the molecule is Cn1c(Nc2cnn(-c3ncccn3)c2)c(C#N)c(=O)n(C)c1=O. The van der Waals surface area contributed by atoms with Crippen LogP contribution in [0, 0.1) is 11.3 Å². The first kappa shape index (κ1) is 15.2. The third kappa shape index (κ3) is 2.44. The lowest BCUT2D eigenvalue weighted by Crippen LogP contribution is -2.39. The zero-order valence-corrected chi connectivity index (χ0v) is 12.8. The van der Waals surface area contributed by atoms with Crippen molar-refractivity contribution < 1.29 is 0 Å². The second kappa shape index (κ2) is 5.81. The zero-order chi connectivity index (χ0) is 17.3. The van der Waals surface area contributed by atoms with E-state index in [-0.39, 0.29) is 11.4 Å². The van der Waals surface area contributed by atoms with Crippen molar-refractivity contribution in [3.8, 4) is 12.0 Å². The van der Waals surface area contributed by atoms with E-state index in [4.69, 9.17) is 0 Å². The van der Waals surface area contributed by atoms with Gasteiger partial charge in [0.15, 0.2) is 5.56 Å². The van der Waals surface area contributed by atoms with Crippen LogP contribution in [-0.4, -0.2) is 28.9 Å². The zero-order valence-electron chi connectivity index (χ0n) is 12.8. The fourth-order valence-electron chi connectivity index (χ4n) is 2.13. The van der Waals surface area contributed by atoms with Gasteiger partial charge in [-0.05, 0) is 6.07 Å². The Morgan fingerprint density at radius 1 is 1.17 bits per heavy atom. The van der Waals surface area contributed by atoms with Crippen LogP contribution in [-0.2, 0) is 14.1 Å². The predicted molar refractivity (Wildman–Crippen MR) is 84.1 cm³/mol. The summed E-state index contributed by atoms with van der Waals surface area (Å²) in [7, 11) is 2.79. The standard InChI is InChI=1S/C14H12N8O2/c1-20-11(10(6-15)12(23)21(2)14(20)24)19-9-7-18-22(8-9)13-16-4-3-5-17-13/h3-5,7-8,19H,1-2H3. The highest BCUT2D eigenvalue weighted by Gasteiger charge is 2.16. The molecule has 10 nitrogen and oxygen atoms in total. The molecule has 0 aliphatic rings. The molecule has 0 unspecified atom stereocenters. The van der Waals surface area contributed by atoms with E-state index in [0.29, 0.717) is 11.6 Å². The van der Waals surface area contributed by atoms with Crippen molar-refractivity contribution in [3.63, 3.8) is 0 Å². The molecule has 0 radical (unpaired) electrons. The van der Waals surface area contributed by atoms with E-state index in [1.54, 1.807) is 24.7 Å². The number of anilines is 2. The summed E-state index contributed by atoms with van der Waals surface area (Å²) in [6.07, 6.45) is 6.21. The third-order valence-corrected chi connectivity index (χ3v) is 3.38. The molecule has 0 aromatic carbocycles. The summed E-state index contributed by atoms with van der Waals surface area (Å²) in [6.45, 7) is 0. The van der Waals surface area contributed by atoms with Crippen LogP contribution in [0.15, 0.2) is 40.4 Å². The summed E-state index contributed by atoms with van der Waals surface area (Å²) >= 11 is 0. The average Bonchev–Trinajstić information content (AvgIpc) is 3.07. The Kier molecular flexibility index (Phi) is 3.67. The maximum atomic E-state index is 12.1. The van der Waals surface area contributed by atoms with E-state index in [1.165, 1.54) is 29.5 Å². The number of nitrogens with zero attached hydrogens (tertiary/aromatic N) is 7. The van der Waals surface area contributed by atoms with E-state index in [1.807, 2.05) is 6.07 Å². The molecule has 3 heterocycles. The third-order valence-electron chi connectivity index (χ3n) is 3.38. The molecular weight excluding hydrogens is 312 g/mol. The van der Waals surface area contributed by atoms with Crippen LogP contribution in [0.25, 0.3) is 5.95 Å². The van der Waals surface area contributed by atoms with Crippen LogP contribution in [0.3, 0.4) is 0 Å². The Morgan fingerprint density at radius 3 is 2.54 bits per heavy atom. The molecular formula is C14H12N8O2. The van der Waals surface area contributed by atoms with Gasteiger partial charge in [0.1, 0.15) is 11.9 Å². The second-order valence-corrected chi connectivity index (χ2v) is 4.89. The van der Waals surface area contributed by atoms with E-state index >= 15 is 0 Å². The van der Waals surface area contributed by atoms with Crippen LogP contribution in [0.2, 0.25) is 0 Å². The van der Waals surface area contributed by atoms with Crippen molar-refractivity contribution in [2.24, 2.45) is 14.1 Å². The second-order valence-electron chi connectivity index (χ2n) is 4.89. The molecule has 0 amide bonds. The molecule has 0 saturated heterocycles. The monoisotopic (exact) mass is 324 g/mol. The molecule has 3 rings (SSSR count). The van der Waals surface area contributed by atoms with Crippen LogP contribution in [0.5, 0.6) is 0 Å². The molecule has 0 saturated carbocycles. The van der Waals surface area contributed by atoms with Gasteiger partial charge in [-0.3, -0.25) is 13.9 Å². The quantitative estimate of drug-likeness (QED) is 0.700. The van der Waals surface area contributed by atoms with Gasteiger partial charge in [-0.1, -0.05) is 0 Å². The highest BCUT2D eigenvalue weighted by Crippen LogP contribution is 2.16. The first-order valence-electron chi connectivity index (χ1n) is 6.82. The molecule has 3 aromatic heterocycles. The number of rotatable bonds is 3. The summed E-state index contributed by atoms with van der Waals surface area (Å²) in [5.41, 5.74) is -0.896. The normalized spacial score (nSPS) is 10.4. The maximum Gasteiger partial charge on any atom is 0.332 e. The molecule has 0 aliphatic carbocycles. The Hall–Kier alpha value is -3.74. The van der Waals surface area contributed by atoms with Crippen molar-refractivity contribution in [1.82, 2.24) is 28.9 Å². The molecule has 3 aromatic rings. The molecule has 120 valence electrons. The van der Waals surface area contributed by atoms with Crippen LogP contribution in [0.1, 0.15) is 5.56 Å². The van der Waals surface area contributed by atoms with Gasteiger partial charge in [0, 0.05) is 26.5 Å². The first-order valence-corrected chi connectivity index (χ1v) is 6.82. The number of nitrogens with one attached hydrogen (secondary N) is 1. The van der Waals surface area contributed by atoms with E-state index in [0.717, 1.165) is 4.57 Å². The van der Waals surface area contributed by atoms with Gasteiger partial charge in [0.2, 0.25) is 5.95 Å². The molecule has 10 heteroatoms. The molecule has 0 atom stereocenters. The largest absolute Gasteiger partial charge is 0.338 e. The molecule has 0 fully saturated rings. The van der Waals surface area contributed by atoms with Crippen molar-refractivity contribution >= 4 is 11.5 Å². The molecule has 0 spiro atoms. The van der Waals surface area contributed by atoms with Crippen molar-refractivity contribution in [1.29, 1.82) is 5.26 Å². The Morgan fingerprint density at radius 2 is 1.88 bits per heavy atom. The maximum absolute atomic E-state index is 12.1. The highest BCUT2D eigenvalue weighted by molar-refractivity contribution is 5.61. The lowest BCUT2D eigenvalue weighted by molar-refractivity contribution is 0.689. The minimum Gasteiger partial charge on any atom is -0.338 e. The highest BCUT2D eigenvalue weighted by atomic mass is 16.2. The van der Waals surface area contributed by atoms with Gasteiger partial charge in [-0.15, -0.1) is 0 Å². The van der Waals surface area contributed by atoms with Crippen LogP contribution < -0.4 is 16.6 Å². The van der Waals surface area contributed by atoms with Gasteiger partial charge >= 0.3 is 5.69 Å². The first-order chi connectivity index (χ1) is 11.5. The Bertz CT molecular complexity index is 1060. The van der Waals surface area contributed by atoms with Gasteiger partial charge < -0.3 is 5.32 Å². The van der Waals surface area contributed by atoms with E-state index in [2.05, 4.69) is 20.4 Å². The predicted octanol–water partition coefficient (Wildman–Crippen LogP) is -0.325. The van der Waals surface area contributed by atoms with Crippen LogP contribution >= 0.6 is 0 Å². The molecule has 1 N–H and O–H groups in total. The molecule has 0 bridgehead atoms. The van der Waals surface area contributed by atoms with Gasteiger partial charge in [0.05, 0.1) is 18.1 Å². The minimum atomic E-state index is -0.665. The lowest BCUT2D eigenvalue weighted by atomic mass is 10.3. The van der Waals surface area contributed by atoms with Gasteiger partial charge in [-0.2, -0.15) is 10.4 Å². The smallest absolute Gasteiger partial charge is 0.332 e. The number of hydrogen-bond acceptors (Lipinski definition) is 7. The summed E-state index contributed by atoms with van der Waals surface area (Å²) < 4.78 is 3.49. The van der Waals surface area contributed by atoms with Crippen LogP contribution in [0.4, 0.5) is 11.5 Å². The summed E-state index contributed by atoms with van der Waals surface area (Å²) in [5.74, 6) is 0.461. The topological polar surface area (TPSA) is 123 Å². The molecule has 24 heavy (non-hydrogen) atoms. The summed E-state index contributed by atoms with van der Waals surface area (Å²) in [5, 5.41) is 16.2. The minimum absolute atomic E-state index is 0.0964. The summed E-state index contributed by atoms with van der Waals surface area (Å²) in [6, 6.07) is 3.51. The Balaban J connectivity index is 2.05. The van der Waals surface area contributed by atoms with Crippen molar-refractivity contribution in [3.05, 3.63) is 57.3 Å². The lowest BCUT2D eigenvalue weighted by Gasteiger charge is -2.12. The van der Waals surface area contributed by atoms with Crippen molar-refractivity contribution in [2.45, 2.75) is 0 Å². The van der Waals surface area contributed by atoms with Gasteiger partial charge in [-0.25, -0.2) is 19.4 Å². The average molecular weight is 324 g/mol. The fourth-order valence-corrected chi connectivity index (χ4v) is 2.13. The fraction of sp³-hybridized carbons (Fsp3) is 0.143. The Labute approximate surface area is 135 Å². The van der Waals surface area contributed by atoms with Gasteiger partial charge in [0.25, 0.3) is 5.56 Å². The number of aromatic nitrogens is 6. The van der Waals surface area contributed by atoms with Crippen molar-refractivity contribution in [2.75, 3.05) is 5.32 Å².